The lowest BCUT2D eigenvalue weighted by molar-refractivity contribution is 0.0414. The van der Waals surface area contributed by atoms with Crippen LogP contribution in [0.15, 0.2) is 48.5 Å². The van der Waals surface area contributed by atoms with E-state index in [1.807, 2.05) is 0 Å². The average molecular weight is 373 g/mol. The molecule has 0 aliphatic carbocycles. The predicted octanol–water partition coefficient (Wildman–Crippen LogP) is 3.89. The first-order valence-electron chi connectivity index (χ1n) is 9.50. The molecule has 4 rings (SSSR count). The van der Waals surface area contributed by atoms with Crippen molar-refractivity contribution in [3.63, 3.8) is 0 Å². The molecule has 4 heteroatoms. The van der Waals surface area contributed by atoms with Crippen LogP contribution in [-0.4, -0.2) is 36.2 Å². The van der Waals surface area contributed by atoms with E-state index in [0.717, 1.165) is 51.9 Å². The van der Waals surface area contributed by atoms with Gasteiger partial charge in [0.15, 0.2) is 0 Å². The van der Waals surface area contributed by atoms with Gasteiger partial charge in [-0.15, -0.1) is 12.4 Å². The number of rotatable bonds is 5. The lowest BCUT2D eigenvalue weighted by Gasteiger charge is -2.41. The first-order valence-corrected chi connectivity index (χ1v) is 9.50. The third kappa shape index (κ3) is 4.06. The number of aliphatic hydroxyl groups excluding tert-OH is 1. The van der Waals surface area contributed by atoms with Crippen LogP contribution in [-0.2, 0) is 19.4 Å². The number of fused-ring (bicyclic) bond motifs is 1. The number of nitrogens with one attached hydrogen (secondary N) is 1. The Morgan fingerprint density at radius 3 is 2.50 bits per heavy atom. The maximum atomic E-state index is 10.1. The molecular weight excluding hydrogens is 344 g/mol. The van der Waals surface area contributed by atoms with Gasteiger partial charge in [0.2, 0.25) is 0 Å². The fourth-order valence-electron chi connectivity index (χ4n) is 4.39. The Morgan fingerprint density at radius 1 is 1.00 bits per heavy atom. The minimum Gasteiger partial charge on any atom is -0.396 e. The third-order valence-electron chi connectivity index (χ3n) is 6.00. The van der Waals surface area contributed by atoms with Crippen LogP contribution in [0.25, 0.3) is 0 Å². The van der Waals surface area contributed by atoms with Gasteiger partial charge in [0.25, 0.3) is 0 Å². The molecule has 2 aromatic rings. The Hall–Kier alpha value is -1.55. The Kier molecular flexibility index (Phi) is 6.23. The van der Waals surface area contributed by atoms with Crippen LogP contribution in [0.2, 0.25) is 0 Å². The van der Waals surface area contributed by atoms with E-state index in [4.69, 9.17) is 0 Å². The SMILES string of the molecule is Cl.OCC1(Cc2ccccc2)CCN(Cc2cccc3c2NCC3)CC1. The van der Waals surface area contributed by atoms with Crippen LogP contribution in [0.5, 0.6) is 0 Å². The second-order valence-corrected chi connectivity index (χ2v) is 7.72. The summed E-state index contributed by atoms with van der Waals surface area (Å²) in [5.74, 6) is 0. The Morgan fingerprint density at radius 2 is 1.77 bits per heavy atom. The first kappa shape index (κ1) is 19.2. The molecule has 2 aliphatic rings. The van der Waals surface area contributed by atoms with E-state index in [1.165, 1.54) is 22.4 Å². The molecule has 0 radical (unpaired) electrons. The molecule has 0 bridgehead atoms. The van der Waals surface area contributed by atoms with Crippen LogP contribution in [0, 0.1) is 5.41 Å². The molecule has 2 aromatic carbocycles. The van der Waals surface area contributed by atoms with E-state index in [9.17, 15) is 5.11 Å². The molecule has 2 N–H and O–H groups in total. The smallest absolute Gasteiger partial charge is 0.0491 e. The van der Waals surface area contributed by atoms with Crippen molar-refractivity contribution in [2.24, 2.45) is 5.41 Å². The van der Waals surface area contributed by atoms with Gasteiger partial charge in [-0.1, -0.05) is 48.5 Å². The number of piperidine rings is 1. The molecule has 3 nitrogen and oxygen atoms in total. The first-order chi connectivity index (χ1) is 12.3. The molecule has 0 spiro atoms. The largest absolute Gasteiger partial charge is 0.396 e. The molecule has 0 saturated carbocycles. The van der Waals surface area contributed by atoms with Gasteiger partial charge in [-0.3, -0.25) is 4.90 Å². The molecule has 0 aromatic heterocycles. The minimum absolute atomic E-state index is 0. The van der Waals surface area contributed by atoms with Crippen LogP contribution < -0.4 is 5.32 Å². The number of likely N-dealkylation sites (tertiary alicyclic amines) is 1. The summed E-state index contributed by atoms with van der Waals surface area (Å²) in [5, 5.41) is 13.6. The van der Waals surface area contributed by atoms with Gasteiger partial charge in [0.1, 0.15) is 0 Å². The van der Waals surface area contributed by atoms with Gasteiger partial charge in [0.05, 0.1) is 0 Å². The van der Waals surface area contributed by atoms with Crippen molar-refractivity contribution in [1.29, 1.82) is 0 Å². The van der Waals surface area contributed by atoms with E-state index in [-0.39, 0.29) is 24.4 Å². The van der Waals surface area contributed by atoms with E-state index in [2.05, 4.69) is 58.7 Å². The number of anilines is 1. The molecule has 1 saturated heterocycles. The maximum absolute atomic E-state index is 10.1. The van der Waals surface area contributed by atoms with Gasteiger partial charge in [0, 0.05) is 25.4 Å². The molecule has 140 valence electrons. The highest BCUT2D eigenvalue weighted by Gasteiger charge is 2.34. The summed E-state index contributed by atoms with van der Waals surface area (Å²) >= 11 is 0. The van der Waals surface area contributed by atoms with E-state index >= 15 is 0 Å². The summed E-state index contributed by atoms with van der Waals surface area (Å²) in [7, 11) is 0. The standard InChI is InChI=1S/C22H28N2O.ClH/c25-17-22(15-18-5-2-1-3-6-18)10-13-24(14-11-22)16-20-8-4-7-19-9-12-23-21(19)20;/h1-8,23,25H,9-17H2;1H. The van der Waals surface area contributed by atoms with E-state index in [1.54, 1.807) is 0 Å². The van der Waals surface area contributed by atoms with Crippen molar-refractivity contribution in [2.75, 3.05) is 31.6 Å². The summed E-state index contributed by atoms with van der Waals surface area (Å²) in [5.41, 5.74) is 5.65. The average Bonchev–Trinajstić information content (AvgIpc) is 3.14. The zero-order valence-corrected chi connectivity index (χ0v) is 16.1. The van der Waals surface area contributed by atoms with Crippen LogP contribution in [0.3, 0.4) is 0 Å². The van der Waals surface area contributed by atoms with Crippen LogP contribution in [0.1, 0.15) is 29.5 Å². The lowest BCUT2D eigenvalue weighted by atomic mass is 9.74. The number of nitrogens with zero attached hydrogens (tertiary/aromatic N) is 1. The van der Waals surface area contributed by atoms with Gasteiger partial charge >= 0.3 is 0 Å². The highest BCUT2D eigenvalue weighted by molar-refractivity contribution is 5.85. The molecule has 1 fully saturated rings. The molecule has 0 atom stereocenters. The van der Waals surface area contributed by atoms with Gasteiger partial charge in [-0.05, 0) is 60.9 Å². The zero-order chi connectivity index (χ0) is 17.1. The van der Waals surface area contributed by atoms with Gasteiger partial charge in [-0.25, -0.2) is 0 Å². The number of benzene rings is 2. The Bertz CT molecular complexity index is 711. The number of para-hydroxylation sites is 1. The third-order valence-corrected chi connectivity index (χ3v) is 6.00. The zero-order valence-electron chi connectivity index (χ0n) is 15.3. The fraction of sp³-hybridized carbons (Fsp3) is 0.455. The van der Waals surface area contributed by atoms with Crippen molar-refractivity contribution in [1.82, 2.24) is 4.90 Å². The van der Waals surface area contributed by atoms with Crippen molar-refractivity contribution in [3.05, 3.63) is 65.2 Å². The molecular formula is C22H29ClN2O. The van der Waals surface area contributed by atoms with Gasteiger partial charge < -0.3 is 10.4 Å². The highest BCUT2D eigenvalue weighted by Crippen LogP contribution is 2.36. The van der Waals surface area contributed by atoms with Crippen molar-refractivity contribution in [2.45, 2.75) is 32.2 Å². The van der Waals surface area contributed by atoms with Gasteiger partial charge in [-0.2, -0.15) is 0 Å². The summed E-state index contributed by atoms with van der Waals surface area (Å²) in [6.45, 7) is 4.51. The Labute approximate surface area is 162 Å². The molecule has 2 heterocycles. The monoisotopic (exact) mass is 372 g/mol. The summed E-state index contributed by atoms with van der Waals surface area (Å²) < 4.78 is 0. The molecule has 2 aliphatic heterocycles. The molecule has 0 amide bonds. The molecule has 26 heavy (non-hydrogen) atoms. The quantitative estimate of drug-likeness (QED) is 0.835. The second-order valence-electron chi connectivity index (χ2n) is 7.72. The summed E-state index contributed by atoms with van der Waals surface area (Å²) in [4.78, 5) is 2.55. The molecule has 0 unspecified atom stereocenters. The summed E-state index contributed by atoms with van der Waals surface area (Å²) in [6.07, 6.45) is 4.27. The van der Waals surface area contributed by atoms with Crippen molar-refractivity contribution in [3.8, 4) is 0 Å². The predicted molar refractivity (Wildman–Crippen MR) is 110 cm³/mol. The number of hydrogen-bond acceptors (Lipinski definition) is 3. The number of aliphatic hydroxyl groups is 1. The van der Waals surface area contributed by atoms with Crippen molar-refractivity contribution >= 4 is 18.1 Å². The minimum atomic E-state index is 0. The lowest BCUT2D eigenvalue weighted by Crippen LogP contribution is -2.42. The fourth-order valence-corrected chi connectivity index (χ4v) is 4.39. The topological polar surface area (TPSA) is 35.5 Å². The van der Waals surface area contributed by atoms with Crippen LogP contribution in [0.4, 0.5) is 5.69 Å². The summed E-state index contributed by atoms with van der Waals surface area (Å²) in [6, 6.07) is 17.3. The van der Waals surface area contributed by atoms with Crippen molar-refractivity contribution < 1.29 is 5.11 Å². The second kappa shape index (κ2) is 8.43. The van der Waals surface area contributed by atoms with Crippen LogP contribution >= 0.6 is 12.4 Å². The Balaban J connectivity index is 0.00000196. The van der Waals surface area contributed by atoms with E-state index < -0.39 is 0 Å². The normalized spacial score (nSPS) is 18.7. The highest BCUT2D eigenvalue weighted by atomic mass is 35.5. The number of hydrogen-bond donors (Lipinski definition) is 2. The number of halogens is 1. The maximum Gasteiger partial charge on any atom is 0.0491 e. The van der Waals surface area contributed by atoms with E-state index in [0.29, 0.717) is 0 Å².